The van der Waals surface area contributed by atoms with E-state index in [0.29, 0.717) is 6.04 Å². The lowest BCUT2D eigenvalue weighted by Gasteiger charge is -2.14. The molecule has 0 saturated heterocycles. The zero-order valence-electron chi connectivity index (χ0n) is 9.72. The van der Waals surface area contributed by atoms with Gasteiger partial charge in [-0.25, -0.2) is 4.98 Å². The Balaban J connectivity index is 2.78. The van der Waals surface area contributed by atoms with E-state index in [4.69, 9.17) is 0 Å². The number of rotatable bonds is 3. The fourth-order valence-corrected chi connectivity index (χ4v) is 2.24. The van der Waals surface area contributed by atoms with Gasteiger partial charge >= 0.3 is 0 Å². The normalized spacial score (nSPS) is 14.4. The minimum absolute atomic E-state index is 0.175. The predicted molar refractivity (Wildman–Crippen MR) is 62.9 cm³/mol. The van der Waals surface area contributed by atoms with Crippen molar-refractivity contribution in [2.75, 3.05) is 6.54 Å². The molecular weight excluding hydrogens is 192 g/mol. The van der Waals surface area contributed by atoms with E-state index in [0.717, 1.165) is 6.54 Å². The maximum Gasteiger partial charge on any atom is 0.0982 e. The summed E-state index contributed by atoms with van der Waals surface area (Å²) < 4.78 is 0. The Kier molecular flexibility index (Phi) is 3.67. The number of hydrogen-bond donors (Lipinski definition) is 1. The van der Waals surface area contributed by atoms with Crippen LogP contribution >= 0.6 is 11.3 Å². The van der Waals surface area contributed by atoms with Crippen molar-refractivity contribution >= 4 is 11.3 Å². The number of hydrogen-bond acceptors (Lipinski definition) is 3. The molecular formula is C11H20N2S. The van der Waals surface area contributed by atoms with Crippen LogP contribution in [-0.2, 0) is 5.41 Å². The smallest absolute Gasteiger partial charge is 0.0982 e. The molecule has 1 unspecified atom stereocenters. The second kappa shape index (κ2) is 4.41. The number of nitrogens with one attached hydrogen (secondary N) is 1. The van der Waals surface area contributed by atoms with Gasteiger partial charge in [0.15, 0.2) is 0 Å². The zero-order chi connectivity index (χ0) is 10.8. The molecule has 0 radical (unpaired) electrons. The molecule has 0 saturated carbocycles. The van der Waals surface area contributed by atoms with Gasteiger partial charge in [0.2, 0.25) is 0 Å². The van der Waals surface area contributed by atoms with Crippen molar-refractivity contribution in [1.29, 1.82) is 0 Å². The molecule has 0 aliphatic carbocycles. The van der Waals surface area contributed by atoms with Crippen molar-refractivity contribution in [1.82, 2.24) is 10.3 Å². The summed E-state index contributed by atoms with van der Waals surface area (Å²) in [5, 5.41) is 6.75. The highest BCUT2D eigenvalue weighted by Crippen LogP contribution is 2.27. The fourth-order valence-electron chi connectivity index (χ4n) is 1.24. The molecule has 80 valence electrons. The van der Waals surface area contributed by atoms with Gasteiger partial charge in [-0.15, -0.1) is 11.3 Å². The van der Waals surface area contributed by atoms with Gasteiger partial charge in [0, 0.05) is 16.8 Å². The van der Waals surface area contributed by atoms with Crippen LogP contribution in [0.4, 0.5) is 0 Å². The fraction of sp³-hybridized carbons (Fsp3) is 0.727. The van der Waals surface area contributed by atoms with Crippen LogP contribution in [0, 0.1) is 0 Å². The van der Waals surface area contributed by atoms with Crippen molar-refractivity contribution in [2.24, 2.45) is 0 Å². The molecule has 0 aliphatic heterocycles. The van der Waals surface area contributed by atoms with Crippen LogP contribution in [0.25, 0.3) is 0 Å². The first-order valence-corrected chi connectivity index (χ1v) is 6.02. The molecule has 1 N–H and O–H groups in total. The minimum atomic E-state index is 0.175. The summed E-state index contributed by atoms with van der Waals surface area (Å²) in [5.41, 5.74) is 1.34. The lowest BCUT2D eigenvalue weighted by Crippen LogP contribution is -2.18. The molecule has 3 heteroatoms. The molecule has 0 bridgehead atoms. The Labute approximate surface area is 90.8 Å². The molecule has 1 aromatic rings. The van der Waals surface area contributed by atoms with Crippen molar-refractivity contribution in [3.05, 3.63) is 16.1 Å². The molecule has 0 aliphatic rings. The Hall–Kier alpha value is -0.410. The molecule has 1 aromatic heterocycles. The molecule has 0 spiro atoms. The maximum atomic E-state index is 4.66. The third-order valence-electron chi connectivity index (χ3n) is 2.12. The monoisotopic (exact) mass is 212 g/mol. The van der Waals surface area contributed by atoms with Crippen molar-refractivity contribution < 1.29 is 0 Å². The Morgan fingerprint density at radius 2 is 2.14 bits per heavy atom. The number of thiazole rings is 1. The van der Waals surface area contributed by atoms with E-state index >= 15 is 0 Å². The lowest BCUT2D eigenvalue weighted by atomic mass is 9.98. The SMILES string of the molecule is CCNC(C)c1csc(C(C)(C)C)n1. The van der Waals surface area contributed by atoms with Crippen LogP contribution in [0.2, 0.25) is 0 Å². The van der Waals surface area contributed by atoms with Gasteiger partial charge < -0.3 is 5.32 Å². The lowest BCUT2D eigenvalue weighted by molar-refractivity contribution is 0.559. The Morgan fingerprint density at radius 1 is 1.50 bits per heavy atom. The molecule has 0 fully saturated rings. The van der Waals surface area contributed by atoms with E-state index < -0.39 is 0 Å². The standard InChI is InChI=1S/C11H20N2S/c1-6-12-8(2)9-7-14-10(13-9)11(3,4)5/h7-8,12H,6H2,1-5H3. The average Bonchev–Trinajstić information content (AvgIpc) is 2.51. The maximum absolute atomic E-state index is 4.66. The second-order valence-electron chi connectivity index (χ2n) is 4.61. The highest BCUT2D eigenvalue weighted by Gasteiger charge is 2.19. The summed E-state index contributed by atoms with van der Waals surface area (Å²) in [6, 6.07) is 0.368. The van der Waals surface area contributed by atoms with Crippen LogP contribution in [0.15, 0.2) is 5.38 Å². The largest absolute Gasteiger partial charge is 0.309 e. The summed E-state index contributed by atoms with van der Waals surface area (Å²) in [6.07, 6.45) is 0. The summed E-state index contributed by atoms with van der Waals surface area (Å²) >= 11 is 1.76. The molecule has 1 rings (SSSR count). The quantitative estimate of drug-likeness (QED) is 0.832. The van der Waals surface area contributed by atoms with Crippen molar-refractivity contribution in [3.63, 3.8) is 0 Å². The number of nitrogens with zero attached hydrogens (tertiary/aromatic N) is 1. The summed E-state index contributed by atoms with van der Waals surface area (Å²) in [6.45, 7) is 11.9. The van der Waals surface area contributed by atoms with Crippen LogP contribution in [0.1, 0.15) is 51.4 Å². The highest BCUT2D eigenvalue weighted by molar-refractivity contribution is 7.09. The van der Waals surface area contributed by atoms with Crippen LogP contribution in [0.3, 0.4) is 0 Å². The first-order chi connectivity index (χ1) is 6.45. The van der Waals surface area contributed by atoms with Gasteiger partial charge in [0.1, 0.15) is 0 Å². The van der Waals surface area contributed by atoms with Gasteiger partial charge in [0.25, 0.3) is 0 Å². The topological polar surface area (TPSA) is 24.9 Å². The average molecular weight is 212 g/mol. The Bertz CT molecular complexity index is 286. The van der Waals surface area contributed by atoms with Gasteiger partial charge in [-0.1, -0.05) is 27.7 Å². The van der Waals surface area contributed by atoms with Crippen LogP contribution in [0.5, 0.6) is 0 Å². The minimum Gasteiger partial charge on any atom is -0.309 e. The van der Waals surface area contributed by atoms with Crippen LogP contribution < -0.4 is 5.32 Å². The highest BCUT2D eigenvalue weighted by atomic mass is 32.1. The third kappa shape index (κ3) is 2.79. The van der Waals surface area contributed by atoms with E-state index in [1.807, 2.05) is 0 Å². The predicted octanol–water partition coefficient (Wildman–Crippen LogP) is 3.11. The van der Waals surface area contributed by atoms with Crippen LogP contribution in [-0.4, -0.2) is 11.5 Å². The molecule has 0 aromatic carbocycles. The van der Waals surface area contributed by atoms with Crippen molar-refractivity contribution in [3.8, 4) is 0 Å². The molecule has 14 heavy (non-hydrogen) atoms. The first-order valence-electron chi connectivity index (χ1n) is 5.14. The van der Waals surface area contributed by atoms with E-state index in [2.05, 4.69) is 50.3 Å². The molecule has 1 heterocycles. The van der Waals surface area contributed by atoms with Gasteiger partial charge in [0.05, 0.1) is 10.7 Å². The third-order valence-corrected chi connectivity index (χ3v) is 3.40. The Morgan fingerprint density at radius 3 is 2.57 bits per heavy atom. The summed E-state index contributed by atoms with van der Waals surface area (Å²) in [4.78, 5) is 4.66. The first kappa shape index (κ1) is 11.7. The molecule has 1 atom stereocenters. The summed E-state index contributed by atoms with van der Waals surface area (Å²) in [7, 11) is 0. The van der Waals surface area contributed by atoms with Crippen molar-refractivity contribution in [2.45, 2.75) is 46.1 Å². The van der Waals surface area contributed by atoms with E-state index in [-0.39, 0.29) is 5.41 Å². The summed E-state index contributed by atoms with van der Waals surface area (Å²) in [5.74, 6) is 0. The second-order valence-corrected chi connectivity index (χ2v) is 5.46. The number of aromatic nitrogens is 1. The van der Waals surface area contributed by atoms with E-state index in [1.54, 1.807) is 11.3 Å². The molecule has 2 nitrogen and oxygen atoms in total. The van der Waals surface area contributed by atoms with Gasteiger partial charge in [-0.2, -0.15) is 0 Å². The van der Waals surface area contributed by atoms with E-state index in [1.165, 1.54) is 10.7 Å². The van der Waals surface area contributed by atoms with Gasteiger partial charge in [-0.3, -0.25) is 0 Å². The zero-order valence-corrected chi connectivity index (χ0v) is 10.5. The molecule has 0 amide bonds. The van der Waals surface area contributed by atoms with E-state index in [9.17, 15) is 0 Å². The van der Waals surface area contributed by atoms with Gasteiger partial charge in [-0.05, 0) is 13.5 Å².